The van der Waals surface area contributed by atoms with Crippen molar-refractivity contribution in [1.29, 1.82) is 0 Å². The number of aromatic amines is 1. The highest BCUT2D eigenvalue weighted by Gasteiger charge is 2.08. The molecule has 0 bridgehead atoms. The normalized spacial score (nSPS) is 10.9. The van der Waals surface area contributed by atoms with Crippen LogP contribution in [0.1, 0.15) is 6.42 Å². The molecule has 8 heteroatoms. The molecule has 0 unspecified atom stereocenters. The number of carbonyl (C=O) groups excluding carboxylic acids is 1. The van der Waals surface area contributed by atoms with E-state index < -0.39 is 0 Å². The quantitative estimate of drug-likeness (QED) is 0.498. The van der Waals surface area contributed by atoms with Gasteiger partial charge in [0.1, 0.15) is 0 Å². The van der Waals surface area contributed by atoms with Crippen LogP contribution in [0.5, 0.6) is 0 Å². The van der Waals surface area contributed by atoms with E-state index in [1.54, 1.807) is 18.3 Å². The number of benzene rings is 2. The molecule has 1 amide bonds. The molecule has 2 aromatic heterocycles. The van der Waals surface area contributed by atoms with Crippen molar-refractivity contribution in [3.05, 3.63) is 75.9 Å². The monoisotopic (exact) mass is 437 g/mol. The third-order valence-corrected chi connectivity index (χ3v) is 4.82. The van der Waals surface area contributed by atoms with Gasteiger partial charge in [-0.3, -0.25) is 19.3 Å². The summed E-state index contributed by atoms with van der Waals surface area (Å²) in [5.41, 5.74) is 2.95. The molecule has 0 radical (unpaired) electrons. The summed E-state index contributed by atoms with van der Waals surface area (Å²) in [7, 11) is 0. The molecule has 0 saturated heterocycles. The van der Waals surface area contributed by atoms with Gasteiger partial charge in [0, 0.05) is 34.9 Å². The molecule has 0 aliphatic heterocycles. The molecule has 7 nitrogen and oxygen atoms in total. The van der Waals surface area contributed by atoms with E-state index in [1.165, 1.54) is 10.9 Å². The van der Waals surface area contributed by atoms with Crippen LogP contribution in [-0.4, -0.2) is 25.7 Å². The summed E-state index contributed by atoms with van der Waals surface area (Å²) < 4.78 is 2.27. The molecule has 28 heavy (non-hydrogen) atoms. The predicted octanol–water partition coefficient (Wildman–Crippen LogP) is 3.58. The number of nitrogens with zero attached hydrogens (tertiary/aromatic N) is 3. The van der Waals surface area contributed by atoms with Crippen LogP contribution in [0, 0.1) is 0 Å². The van der Waals surface area contributed by atoms with E-state index in [1.807, 2.05) is 36.4 Å². The number of anilines is 1. The number of hydrogen-bond donors (Lipinski definition) is 2. The molecule has 2 N–H and O–H groups in total. The predicted molar refractivity (Wildman–Crippen MR) is 111 cm³/mol. The Morgan fingerprint density at radius 1 is 1.18 bits per heavy atom. The van der Waals surface area contributed by atoms with Crippen LogP contribution in [0.15, 0.2) is 70.3 Å². The Bertz CT molecular complexity index is 1200. The number of H-pyrrole nitrogens is 1. The Hall–Kier alpha value is -3.26. The van der Waals surface area contributed by atoms with E-state index in [4.69, 9.17) is 0 Å². The van der Waals surface area contributed by atoms with Gasteiger partial charge in [-0.15, -0.1) is 0 Å². The molecule has 2 aromatic carbocycles. The van der Waals surface area contributed by atoms with Gasteiger partial charge in [-0.25, -0.2) is 4.98 Å². The zero-order valence-corrected chi connectivity index (χ0v) is 16.3. The highest BCUT2D eigenvalue weighted by atomic mass is 79.9. The lowest BCUT2D eigenvalue weighted by atomic mass is 10.1. The minimum Gasteiger partial charge on any atom is -0.326 e. The molecule has 140 valence electrons. The van der Waals surface area contributed by atoms with Crippen LogP contribution >= 0.6 is 15.9 Å². The summed E-state index contributed by atoms with van der Waals surface area (Å²) in [5, 5.41) is 10.2. The first-order valence-electron chi connectivity index (χ1n) is 8.64. The summed E-state index contributed by atoms with van der Waals surface area (Å²) in [5.74, 6) is -0.178. The fourth-order valence-corrected chi connectivity index (χ4v) is 3.28. The summed E-state index contributed by atoms with van der Waals surface area (Å²) >= 11 is 3.36. The second kappa shape index (κ2) is 7.77. The Morgan fingerprint density at radius 2 is 2.07 bits per heavy atom. The van der Waals surface area contributed by atoms with Crippen LogP contribution in [-0.2, 0) is 11.3 Å². The van der Waals surface area contributed by atoms with E-state index >= 15 is 0 Å². The maximum absolute atomic E-state index is 12.6. The van der Waals surface area contributed by atoms with Crippen LogP contribution in [0.3, 0.4) is 0 Å². The van der Waals surface area contributed by atoms with Gasteiger partial charge in [-0.1, -0.05) is 28.1 Å². The van der Waals surface area contributed by atoms with Crippen molar-refractivity contribution in [3.8, 4) is 11.3 Å². The number of carbonyl (C=O) groups is 1. The topological polar surface area (TPSA) is 92.7 Å². The van der Waals surface area contributed by atoms with Crippen LogP contribution < -0.4 is 10.9 Å². The van der Waals surface area contributed by atoms with Gasteiger partial charge in [0.15, 0.2) is 0 Å². The molecule has 4 rings (SSSR count). The van der Waals surface area contributed by atoms with Gasteiger partial charge >= 0.3 is 0 Å². The Morgan fingerprint density at radius 3 is 2.89 bits per heavy atom. The molecule has 0 fully saturated rings. The number of amides is 1. The molecule has 0 aliphatic rings. The van der Waals surface area contributed by atoms with Gasteiger partial charge in [0.2, 0.25) is 5.91 Å². The fourth-order valence-electron chi connectivity index (χ4n) is 2.92. The first-order valence-corrected chi connectivity index (χ1v) is 9.44. The average molecular weight is 438 g/mol. The molecule has 0 spiro atoms. The number of hydrogen-bond acceptors (Lipinski definition) is 4. The number of aryl methyl sites for hydroxylation is 1. The minimum absolute atomic E-state index is 0.162. The first-order chi connectivity index (χ1) is 13.6. The Kier molecular flexibility index (Phi) is 5.03. The molecule has 2 heterocycles. The van der Waals surface area contributed by atoms with Crippen LogP contribution in [0.4, 0.5) is 5.69 Å². The van der Waals surface area contributed by atoms with Crippen molar-refractivity contribution in [2.24, 2.45) is 0 Å². The summed E-state index contributed by atoms with van der Waals surface area (Å²) in [6.45, 7) is 0.250. The van der Waals surface area contributed by atoms with E-state index in [0.29, 0.717) is 16.6 Å². The van der Waals surface area contributed by atoms with E-state index in [2.05, 4.69) is 36.4 Å². The summed E-state index contributed by atoms with van der Waals surface area (Å²) in [6, 6.07) is 14.7. The standard InChI is InChI=1S/C20H16BrN5O2/c21-14-4-5-18-16(11-14)20(28)26(12-22-18)9-7-19(27)24-15-3-1-2-13(10-15)17-6-8-23-25-17/h1-6,8,10-12H,7,9H2,(H,23,25)(H,24,27). The van der Waals surface area contributed by atoms with Gasteiger partial charge < -0.3 is 5.32 Å². The largest absolute Gasteiger partial charge is 0.326 e. The second-order valence-corrected chi connectivity index (χ2v) is 7.17. The number of aromatic nitrogens is 4. The fraction of sp³-hybridized carbons (Fsp3) is 0.100. The van der Waals surface area contributed by atoms with Gasteiger partial charge in [0.25, 0.3) is 5.56 Å². The zero-order valence-electron chi connectivity index (χ0n) is 14.7. The van der Waals surface area contributed by atoms with Crippen molar-refractivity contribution >= 4 is 38.4 Å². The van der Waals surface area contributed by atoms with Gasteiger partial charge in [-0.2, -0.15) is 5.10 Å². The molecule has 4 aromatic rings. The Labute approximate surface area is 168 Å². The minimum atomic E-state index is -0.178. The maximum atomic E-state index is 12.6. The van der Waals surface area contributed by atoms with Crippen molar-refractivity contribution in [2.45, 2.75) is 13.0 Å². The maximum Gasteiger partial charge on any atom is 0.261 e. The van der Waals surface area contributed by atoms with Crippen molar-refractivity contribution in [3.63, 3.8) is 0 Å². The van der Waals surface area contributed by atoms with Gasteiger partial charge in [-0.05, 0) is 36.4 Å². The highest BCUT2D eigenvalue weighted by molar-refractivity contribution is 9.10. The average Bonchev–Trinajstić information content (AvgIpc) is 3.23. The lowest BCUT2D eigenvalue weighted by Gasteiger charge is -2.09. The molecule has 0 atom stereocenters. The van der Waals surface area contributed by atoms with E-state index in [9.17, 15) is 9.59 Å². The Balaban J connectivity index is 1.45. The van der Waals surface area contributed by atoms with Crippen molar-refractivity contribution in [2.75, 3.05) is 5.32 Å². The molecule has 0 saturated carbocycles. The smallest absolute Gasteiger partial charge is 0.261 e. The summed E-state index contributed by atoms with van der Waals surface area (Å²) in [6.07, 6.45) is 3.31. The number of nitrogens with one attached hydrogen (secondary N) is 2. The van der Waals surface area contributed by atoms with Crippen LogP contribution in [0.25, 0.3) is 22.2 Å². The summed E-state index contributed by atoms with van der Waals surface area (Å²) in [4.78, 5) is 29.2. The van der Waals surface area contributed by atoms with Gasteiger partial charge in [0.05, 0.1) is 22.9 Å². The number of rotatable bonds is 5. The molecular weight excluding hydrogens is 422 g/mol. The highest BCUT2D eigenvalue weighted by Crippen LogP contribution is 2.20. The third kappa shape index (κ3) is 3.86. The van der Waals surface area contributed by atoms with Crippen molar-refractivity contribution < 1.29 is 4.79 Å². The first kappa shape index (κ1) is 18.1. The van der Waals surface area contributed by atoms with Crippen LogP contribution in [0.2, 0.25) is 0 Å². The lowest BCUT2D eigenvalue weighted by molar-refractivity contribution is -0.116. The second-order valence-electron chi connectivity index (χ2n) is 6.25. The SMILES string of the molecule is O=C(CCn1cnc2ccc(Br)cc2c1=O)Nc1cccc(-c2ccn[nH]2)c1. The van der Waals surface area contributed by atoms with E-state index in [-0.39, 0.29) is 24.4 Å². The molecule has 0 aliphatic carbocycles. The number of fused-ring (bicyclic) bond motifs is 1. The third-order valence-electron chi connectivity index (χ3n) is 4.32. The molecular formula is C20H16BrN5O2. The lowest BCUT2D eigenvalue weighted by Crippen LogP contribution is -2.23. The van der Waals surface area contributed by atoms with Crippen molar-refractivity contribution in [1.82, 2.24) is 19.7 Å². The zero-order chi connectivity index (χ0) is 19.5. The van der Waals surface area contributed by atoms with E-state index in [0.717, 1.165) is 15.7 Å². The number of halogens is 1.